The predicted octanol–water partition coefficient (Wildman–Crippen LogP) is 3.00. The minimum absolute atomic E-state index is 0.126. The van der Waals surface area contributed by atoms with Crippen LogP contribution >= 0.6 is 0 Å². The number of carbonyl (C=O) groups is 1. The molecule has 0 aromatic heterocycles. The van der Waals surface area contributed by atoms with E-state index in [1.54, 1.807) is 12.1 Å². The minimum Gasteiger partial charge on any atom is -0.491 e. The summed E-state index contributed by atoms with van der Waals surface area (Å²) in [5.74, 6) is 0.554. The molecule has 1 rings (SSSR count). The van der Waals surface area contributed by atoms with Gasteiger partial charge in [-0.1, -0.05) is 13.0 Å². The van der Waals surface area contributed by atoms with E-state index in [2.05, 4.69) is 5.32 Å². The maximum atomic E-state index is 11.7. The zero-order valence-electron chi connectivity index (χ0n) is 14.3. The molecule has 0 saturated heterocycles. The normalized spacial score (nSPS) is 11.1. The van der Waals surface area contributed by atoms with Gasteiger partial charge < -0.3 is 20.5 Å². The first kappa shape index (κ1) is 19.0. The molecule has 1 amide bonds. The molecule has 0 heterocycles. The lowest BCUT2D eigenvalue weighted by Crippen LogP contribution is -2.23. The van der Waals surface area contributed by atoms with Crippen LogP contribution in [0.3, 0.4) is 0 Å². The molecule has 0 spiro atoms. The van der Waals surface area contributed by atoms with Crippen molar-refractivity contribution < 1.29 is 14.3 Å². The standard InChI is InChI=1S/C18H28N2O3/c1-4-11-23-17-8-6-15(13-16(17)19)7-9-18(21)20-10-5-12-22-14(2)3/h6-9,13-14H,4-5,10-12,19H2,1-3H3,(H,20,21)/b9-7-. The van der Waals surface area contributed by atoms with Crippen molar-refractivity contribution in [2.24, 2.45) is 0 Å². The van der Waals surface area contributed by atoms with Gasteiger partial charge in [-0.15, -0.1) is 0 Å². The first-order chi connectivity index (χ1) is 11.0. The van der Waals surface area contributed by atoms with Gasteiger partial charge in [0.2, 0.25) is 5.91 Å². The minimum atomic E-state index is -0.126. The fraction of sp³-hybridized carbons (Fsp3) is 0.500. The van der Waals surface area contributed by atoms with Crippen molar-refractivity contribution in [1.82, 2.24) is 5.32 Å². The molecule has 128 valence electrons. The molecule has 3 N–H and O–H groups in total. The van der Waals surface area contributed by atoms with Gasteiger partial charge in [0.1, 0.15) is 5.75 Å². The number of ether oxygens (including phenoxy) is 2. The number of benzene rings is 1. The number of anilines is 1. The molecule has 23 heavy (non-hydrogen) atoms. The van der Waals surface area contributed by atoms with Gasteiger partial charge >= 0.3 is 0 Å². The van der Waals surface area contributed by atoms with Crippen LogP contribution < -0.4 is 15.8 Å². The summed E-state index contributed by atoms with van der Waals surface area (Å²) in [5.41, 5.74) is 7.37. The monoisotopic (exact) mass is 320 g/mol. The molecule has 0 unspecified atom stereocenters. The maximum Gasteiger partial charge on any atom is 0.244 e. The third-order valence-electron chi connectivity index (χ3n) is 2.99. The lowest BCUT2D eigenvalue weighted by Gasteiger charge is -2.08. The molecule has 1 aromatic carbocycles. The average molecular weight is 320 g/mol. The highest BCUT2D eigenvalue weighted by molar-refractivity contribution is 5.91. The van der Waals surface area contributed by atoms with Gasteiger partial charge in [0.05, 0.1) is 18.4 Å². The third-order valence-corrected chi connectivity index (χ3v) is 2.99. The number of nitrogens with two attached hydrogens (primary N) is 1. The largest absolute Gasteiger partial charge is 0.491 e. The number of nitrogens with one attached hydrogen (secondary N) is 1. The highest BCUT2D eigenvalue weighted by Gasteiger charge is 2.01. The molecule has 0 aliphatic carbocycles. The van der Waals surface area contributed by atoms with Crippen molar-refractivity contribution in [2.75, 3.05) is 25.5 Å². The Labute approximate surface area is 138 Å². The van der Waals surface area contributed by atoms with Crippen LogP contribution in [-0.2, 0) is 9.53 Å². The lowest BCUT2D eigenvalue weighted by molar-refractivity contribution is -0.116. The van der Waals surface area contributed by atoms with E-state index in [-0.39, 0.29) is 12.0 Å². The van der Waals surface area contributed by atoms with E-state index in [1.807, 2.05) is 32.9 Å². The van der Waals surface area contributed by atoms with Crippen LogP contribution in [0.5, 0.6) is 5.75 Å². The SMILES string of the molecule is CCCOc1ccc(/C=C\C(=O)NCCCOC(C)C)cc1N. The molecule has 0 radical (unpaired) electrons. The van der Waals surface area contributed by atoms with Gasteiger partial charge in [0, 0.05) is 19.2 Å². The summed E-state index contributed by atoms with van der Waals surface area (Å²) in [6, 6.07) is 5.50. The smallest absolute Gasteiger partial charge is 0.244 e. The molecular weight excluding hydrogens is 292 g/mol. The van der Waals surface area contributed by atoms with Crippen molar-refractivity contribution in [1.29, 1.82) is 0 Å². The highest BCUT2D eigenvalue weighted by Crippen LogP contribution is 2.23. The number of carbonyl (C=O) groups excluding carboxylic acids is 1. The summed E-state index contributed by atoms with van der Waals surface area (Å²) >= 11 is 0. The third kappa shape index (κ3) is 8.26. The first-order valence-electron chi connectivity index (χ1n) is 8.12. The summed E-state index contributed by atoms with van der Waals surface area (Å²) in [6.45, 7) is 7.92. The van der Waals surface area contributed by atoms with E-state index in [0.717, 1.165) is 18.4 Å². The van der Waals surface area contributed by atoms with Crippen LogP contribution in [0.15, 0.2) is 24.3 Å². The maximum absolute atomic E-state index is 11.7. The van der Waals surface area contributed by atoms with Gasteiger partial charge in [-0.3, -0.25) is 4.79 Å². The molecule has 0 bridgehead atoms. The second-order valence-corrected chi connectivity index (χ2v) is 5.54. The Morgan fingerprint density at radius 1 is 1.35 bits per heavy atom. The molecular formula is C18H28N2O3. The summed E-state index contributed by atoms with van der Waals surface area (Å²) in [7, 11) is 0. The van der Waals surface area contributed by atoms with E-state index < -0.39 is 0 Å². The Kier molecular flexibility index (Phi) is 8.83. The van der Waals surface area contributed by atoms with E-state index in [9.17, 15) is 4.79 Å². The Hall–Kier alpha value is -2.01. The van der Waals surface area contributed by atoms with Crippen molar-refractivity contribution in [2.45, 2.75) is 39.7 Å². The second kappa shape index (κ2) is 10.7. The van der Waals surface area contributed by atoms with E-state index >= 15 is 0 Å². The van der Waals surface area contributed by atoms with Crippen LogP contribution in [0.4, 0.5) is 5.69 Å². The topological polar surface area (TPSA) is 73.6 Å². The van der Waals surface area contributed by atoms with Crippen LogP contribution in [0.2, 0.25) is 0 Å². The van der Waals surface area contributed by atoms with Crippen LogP contribution in [-0.4, -0.2) is 31.8 Å². The molecule has 5 nitrogen and oxygen atoms in total. The number of amides is 1. The van der Waals surface area contributed by atoms with Gasteiger partial charge in [-0.25, -0.2) is 0 Å². The summed E-state index contributed by atoms with van der Waals surface area (Å²) in [5, 5.41) is 2.82. The van der Waals surface area contributed by atoms with Gasteiger partial charge in [-0.05, 0) is 50.5 Å². The number of hydrogen-bond donors (Lipinski definition) is 2. The fourth-order valence-corrected chi connectivity index (χ4v) is 1.85. The van der Waals surface area contributed by atoms with E-state index in [0.29, 0.717) is 31.2 Å². The van der Waals surface area contributed by atoms with Crippen LogP contribution in [0, 0.1) is 0 Å². The zero-order chi connectivity index (χ0) is 17.1. The Morgan fingerprint density at radius 3 is 2.78 bits per heavy atom. The summed E-state index contributed by atoms with van der Waals surface area (Å²) in [6.07, 6.45) is 5.20. The first-order valence-corrected chi connectivity index (χ1v) is 8.12. The Balaban J connectivity index is 2.38. The number of rotatable bonds is 10. The summed E-state index contributed by atoms with van der Waals surface area (Å²) < 4.78 is 10.9. The Morgan fingerprint density at radius 2 is 2.13 bits per heavy atom. The second-order valence-electron chi connectivity index (χ2n) is 5.54. The molecule has 0 aliphatic rings. The van der Waals surface area contributed by atoms with Gasteiger partial charge in [0.15, 0.2) is 0 Å². The zero-order valence-corrected chi connectivity index (χ0v) is 14.3. The van der Waals surface area contributed by atoms with Crippen molar-refractivity contribution in [3.8, 4) is 5.75 Å². The molecule has 0 aliphatic heterocycles. The average Bonchev–Trinajstić information content (AvgIpc) is 2.51. The van der Waals surface area contributed by atoms with E-state index in [1.165, 1.54) is 6.08 Å². The van der Waals surface area contributed by atoms with Crippen LogP contribution in [0.1, 0.15) is 39.2 Å². The predicted molar refractivity (Wildman–Crippen MR) is 94.4 cm³/mol. The fourth-order valence-electron chi connectivity index (χ4n) is 1.85. The van der Waals surface area contributed by atoms with Gasteiger partial charge in [-0.2, -0.15) is 0 Å². The molecule has 5 heteroatoms. The van der Waals surface area contributed by atoms with Crippen LogP contribution in [0.25, 0.3) is 6.08 Å². The van der Waals surface area contributed by atoms with Crippen molar-refractivity contribution in [3.05, 3.63) is 29.8 Å². The molecule has 0 saturated carbocycles. The van der Waals surface area contributed by atoms with E-state index in [4.69, 9.17) is 15.2 Å². The number of nitrogen functional groups attached to an aromatic ring is 1. The van der Waals surface area contributed by atoms with Crippen molar-refractivity contribution >= 4 is 17.7 Å². The quantitative estimate of drug-likeness (QED) is 0.395. The molecule has 1 aromatic rings. The summed E-state index contributed by atoms with van der Waals surface area (Å²) in [4.78, 5) is 11.7. The molecule has 0 atom stereocenters. The molecule has 0 fully saturated rings. The van der Waals surface area contributed by atoms with Gasteiger partial charge in [0.25, 0.3) is 0 Å². The highest BCUT2D eigenvalue weighted by atomic mass is 16.5. The lowest BCUT2D eigenvalue weighted by atomic mass is 10.1. The van der Waals surface area contributed by atoms with Crippen molar-refractivity contribution in [3.63, 3.8) is 0 Å². The Bertz CT molecular complexity index is 513. The number of hydrogen-bond acceptors (Lipinski definition) is 4.